The normalized spacial score (nSPS) is 18.1. The van der Waals surface area contributed by atoms with Crippen molar-refractivity contribution in [1.29, 1.82) is 0 Å². The molecule has 0 aromatic heterocycles. The van der Waals surface area contributed by atoms with E-state index in [-0.39, 0.29) is 40.7 Å². The minimum Gasteiger partial charge on any atom is -0.507 e. The maximum absolute atomic E-state index is 13.1. The molecule has 1 amide bonds. The molecule has 0 aliphatic carbocycles. The molecule has 2 aromatic rings. The first-order valence-electron chi connectivity index (χ1n) is 10.5. The number of phenols is 1. The highest BCUT2D eigenvalue weighted by atomic mass is 35.5. The van der Waals surface area contributed by atoms with Gasteiger partial charge in [-0.05, 0) is 41.3 Å². The molecule has 7 nitrogen and oxygen atoms in total. The van der Waals surface area contributed by atoms with Crippen LogP contribution in [0.5, 0.6) is 11.5 Å². The lowest BCUT2D eigenvalue weighted by Gasteiger charge is -2.26. The van der Waals surface area contributed by atoms with Gasteiger partial charge in [0.15, 0.2) is 0 Å². The van der Waals surface area contributed by atoms with E-state index in [9.17, 15) is 19.8 Å². The van der Waals surface area contributed by atoms with Crippen molar-refractivity contribution >= 4 is 29.1 Å². The zero-order valence-corrected chi connectivity index (χ0v) is 20.1. The van der Waals surface area contributed by atoms with Crippen LogP contribution in [0.1, 0.15) is 43.5 Å². The van der Waals surface area contributed by atoms with Crippen molar-refractivity contribution in [2.75, 3.05) is 27.4 Å². The van der Waals surface area contributed by atoms with Gasteiger partial charge in [0.2, 0.25) is 0 Å². The number of aliphatic hydroxyl groups excluding tert-OH is 1. The summed E-state index contributed by atoms with van der Waals surface area (Å²) in [7, 11) is 3.06. The topological polar surface area (TPSA) is 96.3 Å². The fraction of sp³-hybridized carbons (Fsp3) is 0.360. The second-order valence-electron chi connectivity index (χ2n) is 8.86. The molecule has 0 bridgehead atoms. The summed E-state index contributed by atoms with van der Waals surface area (Å²) in [5.41, 5.74) is 1.37. The second kappa shape index (κ2) is 9.45. The van der Waals surface area contributed by atoms with Crippen molar-refractivity contribution in [2.24, 2.45) is 0 Å². The van der Waals surface area contributed by atoms with Gasteiger partial charge in [-0.3, -0.25) is 9.59 Å². The van der Waals surface area contributed by atoms with Crippen LogP contribution < -0.4 is 4.74 Å². The lowest BCUT2D eigenvalue weighted by atomic mass is 9.84. The SMILES string of the molecule is COCCN1C(=O)C(=O)/C(=C(\O)c2ccc(OC)c(C(C)(C)C)c2)C1c1ccc(O)c(Cl)c1. The second-order valence-corrected chi connectivity index (χ2v) is 9.27. The number of ketones is 1. The molecule has 1 unspecified atom stereocenters. The Morgan fingerprint density at radius 3 is 2.39 bits per heavy atom. The fourth-order valence-electron chi connectivity index (χ4n) is 3.94. The summed E-state index contributed by atoms with van der Waals surface area (Å²) < 4.78 is 10.6. The smallest absolute Gasteiger partial charge is 0.295 e. The molecule has 8 heteroatoms. The van der Waals surface area contributed by atoms with E-state index in [2.05, 4.69) is 0 Å². The molecule has 0 radical (unpaired) electrons. The van der Waals surface area contributed by atoms with Gasteiger partial charge in [0, 0.05) is 24.8 Å². The van der Waals surface area contributed by atoms with Gasteiger partial charge >= 0.3 is 0 Å². The predicted molar refractivity (Wildman–Crippen MR) is 126 cm³/mol. The molecule has 3 rings (SSSR count). The highest BCUT2D eigenvalue weighted by Crippen LogP contribution is 2.42. The third kappa shape index (κ3) is 4.70. The Morgan fingerprint density at radius 1 is 1.12 bits per heavy atom. The van der Waals surface area contributed by atoms with Gasteiger partial charge in [0.05, 0.1) is 30.4 Å². The Bertz CT molecular complexity index is 1120. The number of carbonyl (C=O) groups is 2. The molecule has 1 heterocycles. The third-order valence-corrected chi connectivity index (χ3v) is 5.95. The molecular weight excluding hydrogens is 446 g/mol. The summed E-state index contributed by atoms with van der Waals surface area (Å²) in [6.45, 7) is 6.37. The van der Waals surface area contributed by atoms with Crippen molar-refractivity contribution in [3.05, 3.63) is 63.7 Å². The van der Waals surface area contributed by atoms with Crippen LogP contribution in [-0.2, 0) is 19.7 Å². The van der Waals surface area contributed by atoms with E-state index in [1.54, 1.807) is 31.4 Å². The van der Waals surface area contributed by atoms with Crippen molar-refractivity contribution < 1.29 is 29.3 Å². The Balaban J connectivity index is 2.23. The first kappa shape index (κ1) is 24.6. The van der Waals surface area contributed by atoms with Crippen LogP contribution >= 0.6 is 11.6 Å². The monoisotopic (exact) mass is 473 g/mol. The lowest BCUT2D eigenvalue weighted by molar-refractivity contribution is -0.140. The van der Waals surface area contributed by atoms with Crippen LogP contribution in [0.4, 0.5) is 0 Å². The maximum atomic E-state index is 13.1. The average Bonchev–Trinajstić information content (AvgIpc) is 3.02. The number of rotatable bonds is 6. The third-order valence-electron chi connectivity index (χ3n) is 5.64. The molecule has 1 fully saturated rings. The minimum atomic E-state index is -0.890. The van der Waals surface area contributed by atoms with Gasteiger partial charge < -0.3 is 24.6 Å². The largest absolute Gasteiger partial charge is 0.507 e. The molecule has 0 saturated carbocycles. The Morgan fingerprint density at radius 2 is 1.82 bits per heavy atom. The zero-order chi connectivity index (χ0) is 24.5. The number of aliphatic hydroxyl groups is 1. The summed E-state index contributed by atoms with van der Waals surface area (Å²) in [6.07, 6.45) is 0. The van der Waals surface area contributed by atoms with Gasteiger partial charge in [0.1, 0.15) is 17.3 Å². The van der Waals surface area contributed by atoms with Crippen LogP contribution in [0.15, 0.2) is 42.0 Å². The van der Waals surface area contributed by atoms with Crippen LogP contribution in [0.3, 0.4) is 0 Å². The van der Waals surface area contributed by atoms with E-state index in [0.29, 0.717) is 16.9 Å². The molecule has 1 saturated heterocycles. The molecule has 1 aliphatic heterocycles. The Labute approximate surface area is 198 Å². The van der Waals surface area contributed by atoms with Crippen molar-refractivity contribution in [2.45, 2.75) is 32.2 Å². The maximum Gasteiger partial charge on any atom is 0.295 e. The highest BCUT2D eigenvalue weighted by Gasteiger charge is 2.46. The molecule has 176 valence electrons. The molecule has 2 N–H and O–H groups in total. The molecule has 33 heavy (non-hydrogen) atoms. The number of likely N-dealkylation sites (tertiary alicyclic amines) is 1. The number of methoxy groups -OCH3 is 2. The summed E-state index contributed by atoms with van der Waals surface area (Å²) in [4.78, 5) is 27.3. The Hall–Kier alpha value is -3.03. The lowest BCUT2D eigenvalue weighted by Crippen LogP contribution is -2.32. The van der Waals surface area contributed by atoms with E-state index in [4.69, 9.17) is 21.1 Å². The molecule has 1 atom stereocenters. The van der Waals surface area contributed by atoms with Crippen molar-refractivity contribution in [1.82, 2.24) is 4.90 Å². The number of aromatic hydroxyl groups is 1. The summed E-state index contributed by atoms with van der Waals surface area (Å²) in [5.74, 6) is -1.31. The van der Waals surface area contributed by atoms with E-state index >= 15 is 0 Å². The number of phenolic OH excluding ortho intramolecular Hbond substituents is 1. The van der Waals surface area contributed by atoms with Crippen molar-refractivity contribution in [3.8, 4) is 11.5 Å². The van der Waals surface area contributed by atoms with Gasteiger partial charge in [-0.1, -0.05) is 38.4 Å². The van der Waals surface area contributed by atoms with Gasteiger partial charge in [-0.15, -0.1) is 0 Å². The minimum absolute atomic E-state index is 0.0529. The quantitative estimate of drug-likeness (QED) is 0.366. The van der Waals surface area contributed by atoms with Gasteiger partial charge in [0.25, 0.3) is 11.7 Å². The van der Waals surface area contributed by atoms with Crippen LogP contribution in [0, 0.1) is 0 Å². The molecular formula is C25H28ClNO6. The van der Waals surface area contributed by atoms with E-state index in [0.717, 1.165) is 5.56 Å². The predicted octanol–water partition coefficient (Wildman–Crippen LogP) is 4.42. The first-order valence-corrected chi connectivity index (χ1v) is 10.8. The van der Waals surface area contributed by atoms with E-state index in [1.807, 2.05) is 20.8 Å². The molecule has 1 aliphatic rings. The van der Waals surface area contributed by atoms with Crippen LogP contribution in [-0.4, -0.2) is 54.2 Å². The number of hydrogen-bond donors (Lipinski definition) is 2. The van der Waals surface area contributed by atoms with Crippen LogP contribution in [0.25, 0.3) is 5.76 Å². The number of amides is 1. The number of carbonyl (C=O) groups excluding carboxylic acids is 2. The average molecular weight is 474 g/mol. The van der Waals surface area contributed by atoms with Crippen LogP contribution in [0.2, 0.25) is 5.02 Å². The number of halogens is 1. The number of hydrogen-bond acceptors (Lipinski definition) is 6. The number of Topliss-reactive ketones (excluding diaryl/α,β-unsaturated/α-hetero) is 1. The van der Waals surface area contributed by atoms with Gasteiger partial charge in [-0.25, -0.2) is 0 Å². The van der Waals surface area contributed by atoms with Gasteiger partial charge in [-0.2, -0.15) is 0 Å². The van der Waals surface area contributed by atoms with Crippen molar-refractivity contribution in [3.63, 3.8) is 0 Å². The first-order chi connectivity index (χ1) is 15.5. The number of benzene rings is 2. The molecule has 2 aromatic carbocycles. The molecule has 0 spiro atoms. The standard InChI is InChI=1S/C25H28ClNO6/c1-25(2,3)16-12-15(7-9-19(16)33-5)22(29)20-21(14-6-8-18(28)17(26)13-14)27(10-11-32-4)24(31)23(20)30/h6-9,12-13,21,28-29H,10-11H2,1-5H3/b22-20-. The van der Waals surface area contributed by atoms with E-state index in [1.165, 1.54) is 24.1 Å². The summed E-state index contributed by atoms with van der Waals surface area (Å²) in [6, 6.07) is 8.68. The fourth-order valence-corrected chi connectivity index (χ4v) is 4.13. The Kier molecular flexibility index (Phi) is 7.05. The summed E-state index contributed by atoms with van der Waals surface area (Å²) >= 11 is 6.11. The zero-order valence-electron chi connectivity index (χ0n) is 19.3. The highest BCUT2D eigenvalue weighted by molar-refractivity contribution is 6.46. The number of ether oxygens (including phenoxy) is 2. The number of nitrogens with zero attached hydrogens (tertiary/aromatic N) is 1. The van der Waals surface area contributed by atoms with E-state index < -0.39 is 17.7 Å². The summed E-state index contributed by atoms with van der Waals surface area (Å²) in [5, 5.41) is 21.2.